The summed E-state index contributed by atoms with van der Waals surface area (Å²) in [4.78, 5) is 2.61. The number of para-hydroxylation sites is 2. The number of nitrogens with one attached hydrogen (secondary N) is 1. The lowest BCUT2D eigenvalue weighted by Gasteiger charge is -2.45. The average molecular weight is 379 g/mol. The predicted octanol–water partition coefficient (Wildman–Crippen LogP) is 5.06. The van der Waals surface area contributed by atoms with Crippen LogP contribution in [-0.2, 0) is 0 Å². The van der Waals surface area contributed by atoms with E-state index in [1.54, 1.807) is 12.7 Å². The Morgan fingerprint density at radius 2 is 1.79 bits per heavy atom. The van der Waals surface area contributed by atoms with Gasteiger partial charge in [0.2, 0.25) is 0 Å². The zero-order valence-electron chi connectivity index (χ0n) is 17.6. The topological polar surface area (TPSA) is 24.5 Å². The maximum atomic E-state index is 5.67. The number of hydrogen-bond acceptors (Lipinski definition) is 3. The van der Waals surface area contributed by atoms with Gasteiger partial charge in [-0.2, -0.15) is 0 Å². The van der Waals surface area contributed by atoms with Crippen LogP contribution in [0, 0.1) is 19.8 Å². The second-order valence-electron chi connectivity index (χ2n) is 8.61. The van der Waals surface area contributed by atoms with Crippen LogP contribution in [0.5, 0.6) is 5.75 Å². The third-order valence-electron chi connectivity index (χ3n) is 6.86. The summed E-state index contributed by atoms with van der Waals surface area (Å²) >= 11 is 0. The highest BCUT2D eigenvalue weighted by atomic mass is 16.5. The molecule has 1 atom stereocenters. The van der Waals surface area contributed by atoms with E-state index in [0.29, 0.717) is 6.04 Å². The number of benzene rings is 2. The number of anilines is 1. The van der Waals surface area contributed by atoms with E-state index < -0.39 is 0 Å². The molecule has 1 saturated carbocycles. The van der Waals surface area contributed by atoms with E-state index in [4.69, 9.17) is 4.74 Å². The number of ether oxygens (including phenoxy) is 1. The van der Waals surface area contributed by atoms with Crippen molar-refractivity contribution < 1.29 is 4.74 Å². The van der Waals surface area contributed by atoms with Gasteiger partial charge in [0.15, 0.2) is 0 Å². The number of hydrogen-bond donors (Lipinski definition) is 1. The van der Waals surface area contributed by atoms with Crippen LogP contribution in [0.15, 0.2) is 42.5 Å². The first kappa shape index (κ1) is 19.3. The van der Waals surface area contributed by atoms with Crippen molar-refractivity contribution in [2.45, 2.75) is 51.5 Å². The number of methoxy groups -OCH3 is 1. The van der Waals surface area contributed by atoms with Crippen molar-refractivity contribution in [2.24, 2.45) is 5.92 Å². The molecule has 2 aromatic rings. The summed E-state index contributed by atoms with van der Waals surface area (Å²) < 4.78 is 5.67. The van der Waals surface area contributed by atoms with Crippen molar-refractivity contribution >= 4 is 5.69 Å². The van der Waals surface area contributed by atoms with Crippen molar-refractivity contribution in [3.8, 4) is 5.75 Å². The normalized spacial score (nSPS) is 25.5. The Morgan fingerprint density at radius 3 is 2.54 bits per heavy atom. The van der Waals surface area contributed by atoms with Gasteiger partial charge >= 0.3 is 0 Å². The summed E-state index contributed by atoms with van der Waals surface area (Å²) in [6.45, 7) is 7.66. The second-order valence-corrected chi connectivity index (χ2v) is 8.61. The van der Waals surface area contributed by atoms with Crippen molar-refractivity contribution in [1.29, 1.82) is 0 Å². The summed E-state index contributed by atoms with van der Waals surface area (Å²) in [5.74, 6) is 2.48. The van der Waals surface area contributed by atoms with Gasteiger partial charge in [-0.25, -0.2) is 0 Å². The smallest absolute Gasteiger partial charge is 0.142 e. The molecule has 1 saturated heterocycles. The van der Waals surface area contributed by atoms with Gasteiger partial charge in [0.1, 0.15) is 5.75 Å². The summed E-state index contributed by atoms with van der Waals surface area (Å²) in [6.07, 6.45) is 5.25. The van der Waals surface area contributed by atoms with Gasteiger partial charge in [-0.3, -0.25) is 0 Å². The van der Waals surface area contributed by atoms with E-state index in [1.807, 2.05) is 0 Å². The van der Waals surface area contributed by atoms with Crippen LogP contribution in [0.1, 0.15) is 48.3 Å². The van der Waals surface area contributed by atoms with Crippen LogP contribution in [0.3, 0.4) is 0 Å². The van der Waals surface area contributed by atoms with Crippen molar-refractivity contribution in [1.82, 2.24) is 5.32 Å². The maximum absolute atomic E-state index is 5.67. The molecule has 1 heterocycles. The zero-order chi connectivity index (χ0) is 19.5. The van der Waals surface area contributed by atoms with Crippen molar-refractivity contribution in [3.05, 3.63) is 59.2 Å². The lowest BCUT2D eigenvalue weighted by atomic mass is 9.74. The Labute approximate surface area is 170 Å². The molecule has 1 unspecified atom stereocenters. The fraction of sp³-hybridized carbons (Fsp3) is 0.520. The Balaban J connectivity index is 1.48. The quantitative estimate of drug-likeness (QED) is 0.804. The van der Waals surface area contributed by atoms with Crippen molar-refractivity contribution in [2.75, 3.05) is 31.6 Å². The molecule has 3 nitrogen and oxygen atoms in total. The van der Waals surface area contributed by atoms with Crippen LogP contribution in [0.4, 0.5) is 5.69 Å². The largest absolute Gasteiger partial charge is 0.495 e. The standard InChI is InChI=1S/C25H34N2O/c1-18-8-13-22(19(2)16-18)20-9-11-21(12-10-20)24-17-26-14-15-27(24)23-6-4-5-7-25(23)28-3/h4-8,13,16,20-21,24,26H,9-12,14-15,17H2,1-3H3. The highest BCUT2D eigenvalue weighted by Crippen LogP contribution is 2.41. The number of nitrogens with zero attached hydrogens (tertiary/aromatic N) is 1. The van der Waals surface area contributed by atoms with E-state index in [0.717, 1.165) is 37.2 Å². The maximum Gasteiger partial charge on any atom is 0.142 e. The fourth-order valence-electron chi connectivity index (χ4n) is 5.41. The van der Waals surface area contributed by atoms with Crippen LogP contribution in [0.25, 0.3) is 0 Å². The molecule has 28 heavy (non-hydrogen) atoms. The molecule has 2 fully saturated rings. The third-order valence-corrected chi connectivity index (χ3v) is 6.86. The van der Waals surface area contributed by atoms with Gasteiger partial charge in [0.05, 0.1) is 12.8 Å². The first-order chi connectivity index (χ1) is 13.7. The molecule has 2 aliphatic rings. The minimum absolute atomic E-state index is 0.560. The number of rotatable bonds is 4. The average Bonchev–Trinajstić information content (AvgIpc) is 2.74. The van der Waals surface area contributed by atoms with E-state index in [2.05, 4.69) is 66.5 Å². The Bertz CT molecular complexity index is 795. The number of aryl methyl sites for hydroxylation is 2. The van der Waals surface area contributed by atoms with E-state index in [-0.39, 0.29) is 0 Å². The first-order valence-electron chi connectivity index (χ1n) is 10.8. The SMILES string of the molecule is COc1ccccc1N1CCNCC1C1CCC(c2ccc(C)cc2C)CC1. The molecule has 2 aromatic carbocycles. The molecule has 1 aliphatic carbocycles. The van der Waals surface area contributed by atoms with Crippen LogP contribution in [0.2, 0.25) is 0 Å². The molecular formula is C25H34N2O. The van der Waals surface area contributed by atoms with E-state index in [9.17, 15) is 0 Å². The van der Waals surface area contributed by atoms with Gasteiger partial charge in [0.25, 0.3) is 0 Å². The Morgan fingerprint density at radius 1 is 1.00 bits per heavy atom. The molecule has 0 radical (unpaired) electrons. The molecule has 150 valence electrons. The van der Waals surface area contributed by atoms with Crippen LogP contribution < -0.4 is 15.0 Å². The molecule has 1 aliphatic heterocycles. The summed E-state index contributed by atoms with van der Waals surface area (Å²) in [5.41, 5.74) is 5.68. The summed E-state index contributed by atoms with van der Waals surface area (Å²) in [6, 6.07) is 16.1. The third kappa shape index (κ3) is 3.91. The molecule has 0 spiro atoms. The zero-order valence-corrected chi connectivity index (χ0v) is 17.6. The highest BCUT2D eigenvalue weighted by molar-refractivity contribution is 5.59. The van der Waals surface area contributed by atoms with Crippen LogP contribution >= 0.6 is 0 Å². The van der Waals surface area contributed by atoms with Gasteiger partial charge in [0, 0.05) is 25.7 Å². The lowest BCUT2D eigenvalue weighted by molar-refractivity contribution is 0.254. The summed E-state index contributed by atoms with van der Waals surface area (Å²) in [7, 11) is 1.78. The van der Waals surface area contributed by atoms with Crippen molar-refractivity contribution in [3.63, 3.8) is 0 Å². The first-order valence-corrected chi connectivity index (χ1v) is 10.8. The molecule has 1 N–H and O–H groups in total. The molecule has 3 heteroatoms. The lowest BCUT2D eigenvalue weighted by Crippen LogP contribution is -2.55. The minimum Gasteiger partial charge on any atom is -0.495 e. The fourth-order valence-corrected chi connectivity index (χ4v) is 5.41. The molecule has 0 bridgehead atoms. The molecule has 0 aromatic heterocycles. The van der Waals surface area contributed by atoms with Gasteiger partial charge in [-0.15, -0.1) is 0 Å². The van der Waals surface area contributed by atoms with E-state index in [1.165, 1.54) is 42.5 Å². The monoisotopic (exact) mass is 378 g/mol. The molecule has 0 amide bonds. The van der Waals surface area contributed by atoms with Gasteiger partial charge in [-0.05, 0) is 74.6 Å². The summed E-state index contributed by atoms with van der Waals surface area (Å²) in [5, 5.41) is 3.65. The Kier molecular flexibility index (Phi) is 5.91. The second kappa shape index (κ2) is 8.57. The van der Waals surface area contributed by atoms with Gasteiger partial charge in [-0.1, -0.05) is 35.9 Å². The molecule has 4 rings (SSSR count). The predicted molar refractivity (Wildman–Crippen MR) is 118 cm³/mol. The van der Waals surface area contributed by atoms with Gasteiger partial charge < -0.3 is 15.0 Å². The minimum atomic E-state index is 0.560. The van der Waals surface area contributed by atoms with E-state index >= 15 is 0 Å². The van der Waals surface area contributed by atoms with Crippen LogP contribution in [-0.4, -0.2) is 32.8 Å². The molecular weight excluding hydrogens is 344 g/mol. The highest BCUT2D eigenvalue weighted by Gasteiger charge is 2.34. The Hall–Kier alpha value is -2.00. The number of piperazine rings is 1.